The fourth-order valence-electron chi connectivity index (χ4n) is 3.55. The summed E-state index contributed by atoms with van der Waals surface area (Å²) in [6.45, 7) is 4.17. The van der Waals surface area contributed by atoms with Crippen molar-refractivity contribution in [2.24, 2.45) is 0 Å². The molecule has 2 unspecified atom stereocenters. The van der Waals surface area contributed by atoms with Gasteiger partial charge in [-0.15, -0.1) is 34.0 Å². The Morgan fingerprint density at radius 2 is 1.23 bits per heavy atom. The quantitative estimate of drug-likeness (QED) is 0.219. The third kappa shape index (κ3) is 7.63. The van der Waals surface area contributed by atoms with Crippen molar-refractivity contribution in [3.05, 3.63) is 21.2 Å². The van der Waals surface area contributed by atoms with Crippen molar-refractivity contribution < 1.29 is 19.1 Å². The van der Waals surface area contributed by atoms with Crippen LogP contribution in [-0.4, -0.2) is 24.1 Å². The van der Waals surface area contributed by atoms with Crippen LogP contribution in [0.4, 0.5) is 0 Å². The lowest BCUT2D eigenvalue weighted by Gasteiger charge is -2.08. The van der Waals surface area contributed by atoms with E-state index in [1.54, 1.807) is 11.3 Å². The molecule has 0 amide bonds. The van der Waals surface area contributed by atoms with Gasteiger partial charge in [-0.05, 0) is 37.8 Å². The van der Waals surface area contributed by atoms with E-state index in [9.17, 15) is 20.1 Å². The van der Waals surface area contributed by atoms with E-state index in [-0.39, 0.29) is 0 Å². The highest BCUT2D eigenvalue weighted by atomic mass is 32.1. The molecule has 184 valence electrons. The molecule has 0 saturated heterocycles. The van der Waals surface area contributed by atoms with Crippen LogP contribution < -0.4 is 9.06 Å². The van der Waals surface area contributed by atoms with E-state index in [4.69, 9.17) is 9.47 Å². The number of esters is 2. The van der Waals surface area contributed by atoms with E-state index in [1.165, 1.54) is 34.8 Å². The third-order valence-corrected chi connectivity index (χ3v) is 9.00. The molecule has 0 radical (unpaired) electrons. The number of rotatable bonds is 12. The lowest BCUT2D eigenvalue weighted by molar-refractivity contribution is -0.140. The molecule has 3 rings (SSSR count). The van der Waals surface area contributed by atoms with Gasteiger partial charge in [0.2, 0.25) is 0 Å². The Balaban J connectivity index is 1.72. The number of fused-ring (bicyclic) bond motifs is 3. The molecule has 0 spiro atoms. The van der Waals surface area contributed by atoms with Gasteiger partial charge in [0, 0.05) is 30.6 Å². The summed E-state index contributed by atoms with van der Waals surface area (Å²) >= 11 is 4.56. The minimum Gasteiger partial charge on any atom is -0.444 e. The summed E-state index contributed by atoms with van der Waals surface area (Å²) in [7, 11) is 0. The van der Waals surface area contributed by atoms with Gasteiger partial charge < -0.3 is 9.47 Å². The second kappa shape index (κ2) is 13.4. The highest BCUT2D eigenvalue weighted by molar-refractivity contribution is 7.37. The summed E-state index contributed by atoms with van der Waals surface area (Å²) < 4.78 is 16.4. The van der Waals surface area contributed by atoms with Crippen LogP contribution in [0.2, 0.25) is 0 Å². The Kier molecular flexibility index (Phi) is 10.3. The largest absolute Gasteiger partial charge is 0.444 e. The molecule has 0 saturated carbocycles. The molecular formula is C26H28N2O4S3. The number of thiophene rings is 3. The first-order valence-corrected chi connectivity index (χ1v) is 14.3. The molecule has 2 atom stereocenters. The summed E-state index contributed by atoms with van der Waals surface area (Å²) in [6.07, 6.45) is 8.34. The van der Waals surface area contributed by atoms with Gasteiger partial charge in [0.25, 0.3) is 0 Å². The molecule has 0 fully saturated rings. The minimum absolute atomic E-state index is 0.507. The molecule has 0 aliphatic rings. The number of hydrogen-bond donors (Lipinski definition) is 0. The van der Waals surface area contributed by atoms with Crippen molar-refractivity contribution in [2.45, 2.75) is 77.4 Å². The summed E-state index contributed by atoms with van der Waals surface area (Å²) in [4.78, 5) is 24.6. The Bertz CT molecular complexity index is 1270. The molecule has 0 aliphatic heterocycles. The van der Waals surface area contributed by atoms with Gasteiger partial charge in [-0.1, -0.05) is 39.5 Å². The highest BCUT2D eigenvalue weighted by Crippen LogP contribution is 2.37. The van der Waals surface area contributed by atoms with Crippen LogP contribution in [-0.2, 0) is 19.1 Å². The predicted octanol–water partition coefficient (Wildman–Crippen LogP) is 5.77. The zero-order valence-corrected chi connectivity index (χ0v) is 22.3. The first-order chi connectivity index (χ1) is 17.0. The number of carbonyl (C=O) groups excluding carboxylic acids is 2. The molecule has 35 heavy (non-hydrogen) atoms. The van der Waals surface area contributed by atoms with Crippen LogP contribution in [0.1, 0.15) is 65.2 Å². The summed E-state index contributed by atoms with van der Waals surface area (Å²) in [5.41, 5.74) is 0. The number of ether oxygens (including phenoxy) is 2. The Labute approximate surface area is 216 Å². The van der Waals surface area contributed by atoms with Crippen molar-refractivity contribution in [1.29, 1.82) is 10.5 Å². The second-order valence-electron chi connectivity index (χ2n) is 8.18. The normalized spacial score (nSPS) is 14.1. The van der Waals surface area contributed by atoms with Gasteiger partial charge >= 0.3 is 11.9 Å². The lowest BCUT2D eigenvalue weighted by Crippen LogP contribution is -2.16. The smallest absolute Gasteiger partial charge is 0.333 e. The van der Waals surface area contributed by atoms with Gasteiger partial charge in [0.05, 0.1) is 9.40 Å². The summed E-state index contributed by atoms with van der Waals surface area (Å²) in [5.74, 6) is -1.01. The monoisotopic (exact) mass is 528 g/mol. The van der Waals surface area contributed by atoms with Crippen molar-refractivity contribution >= 4 is 76.9 Å². The van der Waals surface area contributed by atoms with Crippen molar-refractivity contribution in [2.75, 3.05) is 0 Å². The molecule has 3 aromatic heterocycles. The fourth-order valence-corrected chi connectivity index (χ4v) is 7.44. The summed E-state index contributed by atoms with van der Waals surface area (Å²) in [6, 6.07) is 8.00. The van der Waals surface area contributed by atoms with Crippen LogP contribution in [0.25, 0.3) is 31.0 Å². The first kappa shape index (κ1) is 26.9. The average molecular weight is 529 g/mol. The molecule has 0 aromatic carbocycles. The van der Waals surface area contributed by atoms with E-state index < -0.39 is 24.1 Å². The number of carbonyl (C=O) groups is 2. The summed E-state index contributed by atoms with van der Waals surface area (Å²) in [5, 5.41) is 18.5. The van der Waals surface area contributed by atoms with Gasteiger partial charge in [-0.2, -0.15) is 10.5 Å². The fraction of sp³-hybridized carbons (Fsp3) is 0.462. The maximum absolute atomic E-state index is 12.3. The molecule has 6 nitrogen and oxygen atoms in total. The molecule has 0 aliphatic carbocycles. The SMILES string of the molecule is CCCCCC(C#N)OC(=O)C=c1cc2sc3cc(=CC(=O)OC(C#N)CCCCC)sc3c2s1. The second-order valence-corrected chi connectivity index (χ2v) is 11.4. The third-order valence-electron chi connectivity index (χ3n) is 5.33. The molecule has 0 N–H and O–H groups in total. The van der Waals surface area contributed by atoms with Crippen LogP contribution in [0.3, 0.4) is 0 Å². The Morgan fingerprint density at radius 1 is 0.800 bits per heavy atom. The number of nitriles is 2. The Morgan fingerprint density at radius 3 is 1.60 bits per heavy atom. The molecule has 3 heterocycles. The van der Waals surface area contributed by atoms with E-state index >= 15 is 0 Å². The van der Waals surface area contributed by atoms with Gasteiger partial charge in [-0.25, -0.2) is 9.59 Å². The Hall–Kier alpha value is -2.72. The van der Waals surface area contributed by atoms with Crippen LogP contribution in [0.5, 0.6) is 0 Å². The van der Waals surface area contributed by atoms with E-state index in [0.29, 0.717) is 12.8 Å². The molecule has 0 bridgehead atoms. The number of nitrogens with zero attached hydrogens (tertiary/aromatic N) is 2. The van der Waals surface area contributed by atoms with E-state index in [2.05, 4.69) is 26.0 Å². The maximum Gasteiger partial charge on any atom is 0.333 e. The topological polar surface area (TPSA) is 100 Å². The van der Waals surface area contributed by atoms with Gasteiger partial charge in [-0.3, -0.25) is 0 Å². The zero-order valence-electron chi connectivity index (χ0n) is 19.9. The predicted molar refractivity (Wildman–Crippen MR) is 143 cm³/mol. The lowest BCUT2D eigenvalue weighted by atomic mass is 10.1. The van der Waals surface area contributed by atoms with Crippen LogP contribution >= 0.6 is 34.0 Å². The molecule has 3 aromatic rings. The van der Waals surface area contributed by atoms with E-state index in [0.717, 1.165) is 66.4 Å². The number of hydrogen-bond acceptors (Lipinski definition) is 9. The molecule has 9 heteroatoms. The van der Waals surface area contributed by atoms with Crippen LogP contribution in [0, 0.1) is 22.7 Å². The minimum atomic E-state index is -0.722. The van der Waals surface area contributed by atoms with E-state index in [1.807, 2.05) is 12.1 Å². The highest BCUT2D eigenvalue weighted by Gasteiger charge is 2.15. The molecular weight excluding hydrogens is 500 g/mol. The van der Waals surface area contributed by atoms with Crippen LogP contribution in [0.15, 0.2) is 12.1 Å². The first-order valence-electron chi connectivity index (χ1n) is 11.8. The zero-order chi connectivity index (χ0) is 25.2. The number of unbranched alkanes of at least 4 members (excludes halogenated alkanes) is 4. The van der Waals surface area contributed by atoms with Crippen molar-refractivity contribution in [3.8, 4) is 12.1 Å². The standard InChI is InChI=1S/C26H28N2O4S3/c1-3-5-7-9-17(15-27)31-23(29)13-19-11-21-25(33-19)26-22(35-21)12-20(34-26)14-24(30)32-18(16-28)10-8-6-4-2/h11-14,17-18H,3-10H2,1-2H3. The van der Waals surface area contributed by atoms with Gasteiger partial charge in [0.1, 0.15) is 12.1 Å². The van der Waals surface area contributed by atoms with Gasteiger partial charge in [0.15, 0.2) is 12.2 Å². The van der Waals surface area contributed by atoms with Crippen molar-refractivity contribution in [3.63, 3.8) is 0 Å². The van der Waals surface area contributed by atoms with Crippen molar-refractivity contribution in [1.82, 2.24) is 0 Å². The maximum atomic E-state index is 12.3. The average Bonchev–Trinajstić information content (AvgIpc) is 3.48.